The number of nitrogens with zero attached hydrogens (tertiary/aromatic N) is 1. The van der Waals surface area contributed by atoms with Crippen molar-refractivity contribution in [2.45, 2.75) is 6.92 Å². The zero-order chi connectivity index (χ0) is 13.7. The summed E-state index contributed by atoms with van der Waals surface area (Å²) in [6.07, 6.45) is 4.52. The van der Waals surface area contributed by atoms with Gasteiger partial charge in [0.05, 0.1) is 10.7 Å². The zero-order valence-corrected chi connectivity index (χ0v) is 11.0. The Morgan fingerprint density at radius 1 is 1.42 bits per heavy atom. The minimum absolute atomic E-state index is 0.374. The lowest BCUT2D eigenvalue weighted by molar-refractivity contribution is -0.117. The van der Waals surface area contributed by atoms with E-state index >= 15 is 0 Å². The maximum Gasteiger partial charge on any atom is 0.286 e. The Morgan fingerprint density at radius 2 is 2.26 bits per heavy atom. The third-order valence-electron chi connectivity index (χ3n) is 2.18. The molecule has 0 aliphatic rings. The third-order valence-corrected chi connectivity index (χ3v) is 2.98. The summed E-state index contributed by atoms with van der Waals surface area (Å²) >= 11 is 1.50. The molecule has 2 rings (SSSR count). The quantitative estimate of drug-likeness (QED) is 0.582. The number of aryl methyl sites for hydroxylation is 1. The van der Waals surface area contributed by atoms with Crippen LogP contribution >= 0.6 is 11.3 Å². The van der Waals surface area contributed by atoms with Crippen LogP contribution in [0, 0.1) is 6.92 Å². The molecule has 0 bridgehead atoms. The fourth-order valence-electron chi connectivity index (χ4n) is 1.32. The standard InChI is InChI=1S/C12H12N4O2S/c1-8-14-9(7-19-8)4-5-11(17)15-16-12(18)10-3-2-6-13-10/h2-7,13H,1H3,(H,15,17)(H,16,18)/b5-4+. The van der Waals surface area contributed by atoms with Crippen molar-refractivity contribution < 1.29 is 9.59 Å². The number of amides is 2. The van der Waals surface area contributed by atoms with Crippen LogP contribution in [-0.2, 0) is 4.79 Å². The molecule has 0 aromatic carbocycles. The minimum atomic E-state index is -0.425. The van der Waals surface area contributed by atoms with Crippen LogP contribution in [-0.4, -0.2) is 21.8 Å². The molecular weight excluding hydrogens is 264 g/mol. The summed E-state index contributed by atoms with van der Waals surface area (Å²) in [7, 11) is 0. The summed E-state index contributed by atoms with van der Waals surface area (Å²) in [6, 6.07) is 3.30. The molecule has 0 aliphatic heterocycles. The van der Waals surface area contributed by atoms with E-state index in [9.17, 15) is 9.59 Å². The van der Waals surface area contributed by atoms with Gasteiger partial charge in [-0.2, -0.15) is 0 Å². The highest BCUT2D eigenvalue weighted by Crippen LogP contribution is 2.08. The molecule has 2 aromatic rings. The third kappa shape index (κ3) is 3.78. The van der Waals surface area contributed by atoms with Crippen molar-refractivity contribution in [3.63, 3.8) is 0 Å². The van der Waals surface area contributed by atoms with Gasteiger partial charge >= 0.3 is 0 Å². The largest absolute Gasteiger partial charge is 0.357 e. The van der Waals surface area contributed by atoms with Crippen LogP contribution < -0.4 is 10.9 Å². The van der Waals surface area contributed by atoms with E-state index in [2.05, 4.69) is 20.8 Å². The summed E-state index contributed by atoms with van der Waals surface area (Å²) in [5.41, 5.74) is 5.66. The van der Waals surface area contributed by atoms with Crippen LogP contribution in [0.15, 0.2) is 29.8 Å². The van der Waals surface area contributed by atoms with Gasteiger partial charge < -0.3 is 4.98 Å². The lowest BCUT2D eigenvalue weighted by Crippen LogP contribution is -2.40. The van der Waals surface area contributed by atoms with Gasteiger partial charge in [-0.3, -0.25) is 20.4 Å². The van der Waals surface area contributed by atoms with Crippen molar-refractivity contribution >= 4 is 29.2 Å². The van der Waals surface area contributed by atoms with Gasteiger partial charge in [-0.25, -0.2) is 4.98 Å². The maximum atomic E-state index is 11.5. The second-order valence-corrected chi connectivity index (χ2v) is 4.71. The molecule has 0 saturated carbocycles. The first-order chi connectivity index (χ1) is 9.15. The lowest BCUT2D eigenvalue weighted by atomic mass is 10.4. The molecule has 0 aliphatic carbocycles. The molecule has 19 heavy (non-hydrogen) atoms. The normalized spacial score (nSPS) is 10.6. The topological polar surface area (TPSA) is 86.9 Å². The smallest absolute Gasteiger partial charge is 0.286 e. The van der Waals surface area contributed by atoms with Crippen LogP contribution in [0.1, 0.15) is 21.2 Å². The van der Waals surface area contributed by atoms with Gasteiger partial charge in [0.15, 0.2) is 0 Å². The van der Waals surface area contributed by atoms with Crippen molar-refractivity contribution in [1.29, 1.82) is 0 Å². The number of nitrogens with one attached hydrogen (secondary N) is 3. The van der Waals surface area contributed by atoms with Crippen LogP contribution in [0.4, 0.5) is 0 Å². The fraction of sp³-hybridized carbons (Fsp3) is 0.0833. The minimum Gasteiger partial charge on any atom is -0.357 e. The molecule has 98 valence electrons. The highest BCUT2D eigenvalue weighted by Gasteiger charge is 2.05. The second-order valence-electron chi connectivity index (χ2n) is 3.65. The lowest BCUT2D eigenvalue weighted by Gasteiger charge is -2.02. The summed E-state index contributed by atoms with van der Waals surface area (Å²) in [4.78, 5) is 29.9. The van der Waals surface area contributed by atoms with Gasteiger partial charge in [-0.05, 0) is 25.1 Å². The molecule has 0 saturated heterocycles. The van der Waals surface area contributed by atoms with Crippen molar-refractivity contribution in [3.05, 3.63) is 46.2 Å². The Balaban J connectivity index is 1.82. The van der Waals surface area contributed by atoms with E-state index in [1.165, 1.54) is 17.4 Å². The van der Waals surface area contributed by atoms with Gasteiger partial charge in [0.25, 0.3) is 11.8 Å². The molecule has 2 heterocycles. The molecule has 0 radical (unpaired) electrons. The number of carbonyl (C=O) groups excluding carboxylic acids is 2. The van der Waals surface area contributed by atoms with E-state index in [4.69, 9.17) is 0 Å². The van der Waals surface area contributed by atoms with Crippen molar-refractivity contribution in [3.8, 4) is 0 Å². The number of hydrogen-bond donors (Lipinski definition) is 3. The molecule has 2 aromatic heterocycles. The van der Waals surface area contributed by atoms with Crippen molar-refractivity contribution in [2.24, 2.45) is 0 Å². The number of thiazole rings is 1. The summed E-state index contributed by atoms with van der Waals surface area (Å²) in [5.74, 6) is -0.832. The van der Waals surface area contributed by atoms with E-state index < -0.39 is 11.8 Å². The first-order valence-corrected chi connectivity index (χ1v) is 6.37. The SMILES string of the molecule is Cc1nc(/C=C/C(=O)NNC(=O)c2ccc[nH]2)cs1. The molecule has 0 unspecified atom stereocenters. The number of aromatic nitrogens is 2. The van der Waals surface area contributed by atoms with E-state index in [0.29, 0.717) is 11.4 Å². The van der Waals surface area contributed by atoms with Crippen LogP contribution in [0.25, 0.3) is 6.08 Å². The molecule has 6 nitrogen and oxygen atoms in total. The molecule has 2 amide bonds. The summed E-state index contributed by atoms with van der Waals surface area (Å²) < 4.78 is 0. The van der Waals surface area contributed by atoms with Gasteiger partial charge in [-0.1, -0.05) is 0 Å². The first kappa shape index (κ1) is 13.0. The summed E-state index contributed by atoms with van der Waals surface area (Å²) in [5, 5.41) is 2.77. The monoisotopic (exact) mass is 276 g/mol. The van der Waals surface area contributed by atoms with Crippen molar-refractivity contribution in [1.82, 2.24) is 20.8 Å². The fourth-order valence-corrected chi connectivity index (χ4v) is 1.90. The molecular formula is C12H12N4O2S. The first-order valence-electron chi connectivity index (χ1n) is 5.49. The molecule has 0 spiro atoms. The Labute approximate surface area is 113 Å². The number of rotatable bonds is 3. The van der Waals surface area contributed by atoms with E-state index in [1.54, 1.807) is 24.4 Å². The Kier molecular flexibility index (Phi) is 4.09. The van der Waals surface area contributed by atoms with E-state index in [0.717, 1.165) is 5.01 Å². The maximum absolute atomic E-state index is 11.5. The molecule has 3 N–H and O–H groups in total. The number of carbonyl (C=O) groups is 2. The predicted octanol–water partition coefficient (Wildman–Crippen LogP) is 1.25. The van der Waals surface area contributed by atoms with Crippen LogP contribution in [0.5, 0.6) is 0 Å². The van der Waals surface area contributed by atoms with Crippen LogP contribution in [0.2, 0.25) is 0 Å². The van der Waals surface area contributed by atoms with Gasteiger partial charge in [0, 0.05) is 17.7 Å². The van der Waals surface area contributed by atoms with E-state index in [1.807, 2.05) is 12.3 Å². The highest BCUT2D eigenvalue weighted by molar-refractivity contribution is 7.09. The van der Waals surface area contributed by atoms with Crippen molar-refractivity contribution in [2.75, 3.05) is 0 Å². The van der Waals surface area contributed by atoms with Gasteiger partial charge in [0.1, 0.15) is 5.69 Å². The van der Waals surface area contributed by atoms with E-state index in [-0.39, 0.29) is 0 Å². The number of hydrogen-bond acceptors (Lipinski definition) is 4. The summed E-state index contributed by atoms with van der Waals surface area (Å²) in [6.45, 7) is 1.89. The second kappa shape index (κ2) is 5.96. The van der Waals surface area contributed by atoms with Gasteiger partial charge in [0.2, 0.25) is 0 Å². The Hall–Kier alpha value is -2.41. The number of H-pyrrole nitrogens is 1. The molecule has 0 atom stereocenters. The Morgan fingerprint density at radius 3 is 2.89 bits per heavy atom. The zero-order valence-electron chi connectivity index (χ0n) is 10.1. The van der Waals surface area contributed by atoms with Crippen LogP contribution in [0.3, 0.4) is 0 Å². The molecule has 0 fully saturated rings. The number of aromatic amines is 1. The average Bonchev–Trinajstić information content (AvgIpc) is 3.04. The average molecular weight is 276 g/mol. The predicted molar refractivity (Wildman–Crippen MR) is 72.3 cm³/mol. The van der Waals surface area contributed by atoms with Gasteiger partial charge in [-0.15, -0.1) is 11.3 Å². The highest BCUT2D eigenvalue weighted by atomic mass is 32.1. The number of hydrazine groups is 1. The molecule has 7 heteroatoms. The Bertz CT molecular complexity index is 601.